The Morgan fingerprint density at radius 2 is 1.81 bits per heavy atom. The Balaban J connectivity index is 2.16. The van der Waals surface area contributed by atoms with Gasteiger partial charge < -0.3 is 14.6 Å². The van der Waals surface area contributed by atoms with Crippen molar-refractivity contribution in [1.29, 1.82) is 0 Å². The molecule has 0 bridgehead atoms. The zero-order valence-corrected chi connectivity index (χ0v) is 13.2. The molecule has 2 rings (SSSR count). The summed E-state index contributed by atoms with van der Waals surface area (Å²) in [5.41, 5.74) is 0. The lowest BCUT2D eigenvalue weighted by atomic mass is 10.1. The van der Waals surface area contributed by atoms with Crippen LogP contribution in [0.5, 0.6) is 0 Å². The molecular weight excluding hydrogens is 300 g/mol. The number of rotatable bonds is 4. The van der Waals surface area contributed by atoms with E-state index in [0.717, 1.165) is 4.31 Å². The average Bonchev–Trinajstić information content (AvgIpc) is 2.85. The van der Waals surface area contributed by atoms with E-state index < -0.39 is 28.1 Å². The smallest absolute Gasteiger partial charge is 0.310 e. The number of hydrogen-bond acceptors (Lipinski definition) is 5. The molecule has 2 aliphatic heterocycles. The number of morpholine rings is 1. The molecule has 0 aromatic heterocycles. The maximum atomic E-state index is 12.7. The molecule has 2 saturated heterocycles. The van der Waals surface area contributed by atoms with E-state index in [-0.39, 0.29) is 38.5 Å². The number of likely N-dealkylation sites (N-methyl/N-ethyl adjacent to an activating group) is 1. The van der Waals surface area contributed by atoms with Crippen molar-refractivity contribution >= 4 is 16.2 Å². The minimum absolute atomic E-state index is 0.0375. The largest absolute Gasteiger partial charge is 0.481 e. The summed E-state index contributed by atoms with van der Waals surface area (Å²) >= 11 is 0. The van der Waals surface area contributed by atoms with E-state index >= 15 is 0 Å². The van der Waals surface area contributed by atoms with Gasteiger partial charge in [-0.3, -0.25) is 4.79 Å². The molecule has 21 heavy (non-hydrogen) atoms. The lowest BCUT2D eigenvalue weighted by Gasteiger charge is -2.38. The second-order valence-electron chi connectivity index (χ2n) is 5.65. The maximum absolute atomic E-state index is 12.7. The molecule has 0 aromatic carbocycles. The molecule has 0 aliphatic carbocycles. The van der Waals surface area contributed by atoms with Gasteiger partial charge in [-0.05, 0) is 13.8 Å². The summed E-state index contributed by atoms with van der Waals surface area (Å²) in [4.78, 5) is 11.2. The second-order valence-corrected chi connectivity index (χ2v) is 7.64. The van der Waals surface area contributed by atoms with E-state index in [2.05, 4.69) is 0 Å². The molecule has 0 radical (unpaired) electrons. The van der Waals surface area contributed by atoms with E-state index in [0.29, 0.717) is 0 Å². The Morgan fingerprint density at radius 3 is 2.33 bits per heavy atom. The highest BCUT2D eigenvalue weighted by atomic mass is 32.2. The molecule has 2 aliphatic rings. The van der Waals surface area contributed by atoms with Gasteiger partial charge in [0.1, 0.15) is 0 Å². The molecule has 1 N–H and O–H groups in total. The molecular formula is C12H22N2O6S. The van der Waals surface area contributed by atoms with Gasteiger partial charge in [-0.25, -0.2) is 0 Å². The van der Waals surface area contributed by atoms with E-state index in [4.69, 9.17) is 14.6 Å². The van der Waals surface area contributed by atoms with Gasteiger partial charge in [-0.15, -0.1) is 0 Å². The van der Waals surface area contributed by atoms with Crippen LogP contribution in [0, 0.1) is 5.92 Å². The fourth-order valence-electron chi connectivity index (χ4n) is 2.81. The molecule has 0 saturated carbocycles. The summed E-state index contributed by atoms with van der Waals surface area (Å²) in [5, 5.41) is 9.16. The van der Waals surface area contributed by atoms with Gasteiger partial charge in [0.25, 0.3) is 10.2 Å². The van der Waals surface area contributed by atoms with Crippen molar-refractivity contribution in [2.75, 3.05) is 33.4 Å². The number of carbonyl (C=O) groups is 1. The summed E-state index contributed by atoms with van der Waals surface area (Å²) in [6.45, 7) is 4.30. The number of carboxylic acid groups (broad SMARTS) is 1. The first-order chi connectivity index (χ1) is 9.73. The van der Waals surface area contributed by atoms with Crippen molar-refractivity contribution in [3.63, 3.8) is 0 Å². The van der Waals surface area contributed by atoms with Crippen molar-refractivity contribution in [3.05, 3.63) is 0 Å². The average molecular weight is 322 g/mol. The lowest BCUT2D eigenvalue weighted by molar-refractivity contribution is -0.142. The van der Waals surface area contributed by atoms with E-state index in [1.165, 1.54) is 11.4 Å². The molecule has 0 amide bonds. The highest BCUT2D eigenvalue weighted by Crippen LogP contribution is 2.24. The van der Waals surface area contributed by atoms with Gasteiger partial charge in [0.15, 0.2) is 0 Å². The number of nitrogens with zero attached hydrogens (tertiary/aromatic N) is 2. The zero-order valence-electron chi connectivity index (χ0n) is 12.4. The van der Waals surface area contributed by atoms with Crippen LogP contribution in [0.2, 0.25) is 0 Å². The SMILES string of the molecule is CC1CN(S(=O)(=O)N(C)C2COCC2C(=O)O)CC(C)O1. The van der Waals surface area contributed by atoms with Crippen LogP contribution in [-0.2, 0) is 24.5 Å². The third-order valence-electron chi connectivity index (χ3n) is 3.91. The van der Waals surface area contributed by atoms with E-state index in [1.54, 1.807) is 0 Å². The quantitative estimate of drug-likeness (QED) is 0.740. The van der Waals surface area contributed by atoms with Crippen LogP contribution in [0.3, 0.4) is 0 Å². The third kappa shape index (κ3) is 3.37. The first-order valence-corrected chi connectivity index (χ1v) is 8.32. The molecule has 2 fully saturated rings. The van der Waals surface area contributed by atoms with Crippen LogP contribution < -0.4 is 0 Å². The molecule has 4 atom stereocenters. The molecule has 0 spiro atoms. The molecule has 0 aromatic rings. The molecule has 122 valence electrons. The van der Waals surface area contributed by atoms with E-state index in [9.17, 15) is 13.2 Å². The highest BCUT2D eigenvalue weighted by molar-refractivity contribution is 7.86. The summed E-state index contributed by atoms with van der Waals surface area (Å²) in [5.74, 6) is -1.87. The summed E-state index contributed by atoms with van der Waals surface area (Å²) < 4.78 is 38.5. The van der Waals surface area contributed by atoms with Gasteiger partial charge in [-0.1, -0.05) is 0 Å². The van der Waals surface area contributed by atoms with Gasteiger partial charge >= 0.3 is 5.97 Å². The summed E-state index contributed by atoms with van der Waals surface area (Å²) in [7, 11) is -2.32. The molecule has 9 heteroatoms. The number of ether oxygens (including phenoxy) is 2. The van der Waals surface area contributed by atoms with Crippen LogP contribution in [0.4, 0.5) is 0 Å². The van der Waals surface area contributed by atoms with Gasteiger partial charge in [0.05, 0.1) is 37.4 Å². The lowest BCUT2D eigenvalue weighted by Crippen LogP contribution is -2.55. The van der Waals surface area contributed by atoms with Gasteiger partial charge in [0.2, 0.25) is 0 Å². The van der Waals surface area contributed by atoms with E-state index in [1.807, 2.05) is 13.8 Å². The Hall–Kier alpha value is -0.740. The normalized spacial score (nSPS) is 35.2. The van der Waals surface area contributed by atoms with Crippen LogP contribution >= 0.6 is 0 Å². The fourth-order valence-corrected chi connectivity index (χ4v) is 4.52. The van der Waals surface area contributed by atoms with Gasteiger partial charge in [0, 0.05) is 20.1 Å². The Morgan fingerprint density at radius 1 is 1.24 bits per heavy atom. The first kappa shape index (κ1) is 16.6. The van der Waals surface area contributed by atoms with Crippen molar-refractivity contribution in [2.24, 2.45) is 5.92 Å². The summed E-state index contributed by atoms with van der Waals surface area (Å²) in [6.07, 6.45) is -0.376. The molecule has 8 nitrogen and oxygen atoms in total. The minimum atomic E-state index is -3.73. The fraction of sp³-hybridized carbons (Fsp3) is 0.917. The predicted molar refractivity (Wildman–Crippen MR) is 74.0 cm³/mol. The number of carboxylic acids is 1. The first-order valence-electron chi connectivity index (χ1n) is 6.92. The highest BCUT2D eigenvalue weighted by Gasteiger charge is 2.44. The Kier molecular flexibility index (Phi) is 4.89. The van der Waals surface area contributed by atoms with Crippen molar-refractivity contribution in [2.45, 2.75) is 32.1 Å². The predicted octanol–water partition coefficient (Wildman–Crippen LogP) is -0.628. The number of hydrogen-bond donors (Lipinski definition) is 1. The van der Waals surface area contributed by atoms with Crippen molar-refractivity contribution in [3.8, 4) is 0 Å². The van der Waals surface area contributed by atoms with Gasteiger partial charge in [-0.2, -0.15) is 17.0 Å². The zero-order chi connectivity index (χ0) is 15.8. The van der Waals surface area contributed by atoms with Crippen LogP contribution in [0.15, 0.2) is 0 Å². The molecule has 2 heterocycles. The standard InChI is InChI=1S/C12H22N2O6S/c1-8-4-14(5-9(2)20-8)21(17,18)13(3)11-7-19-6-10(11)12(15)16/h8-11H,4-7H2,1-3H3,(H,15,16). The Bertz CT molecular complexity index is 486. The van der Waals surface area contributed by atoms with Crippen molar-refractivity contribution in [1.82, 2.24) is 8.61 Å². The third-order valence-corrected chi connectivity index (χ3v) is 5.86. The second kappa shape index (κ2) is 6.17. The Labute approximate surface area is 124 Å². The van der Waals surface area contributed by atoms with Crippen LogP contribution in [0.1, 0.15) is 13.8 Å². The van der Waals surface area contributed by atoms with Crippen LogP contribution in [0.25, 0.3) is 0 Å². The maximum Gasteiger partial charge on any atom is 0.310 e. The summed E-state index contributed by atoms with van der Waals surface area (Å²) in [6, 6.07) is -0.680. The minimum Gasteiger partial charge on any atom is -0.481 e. The monoisotopic (exact) mass is 322 g/mol. The topological polar surface area (TPSA) is 96.4 Å². The number of aliphatic carboxylic acids is 1. The molecule has 4 unspecified atom stereocenters. The van der Waals surface area contributed by atoms with Crippen molar-refractivity contribution < 1.29 is 27.8 Å². The van der Waals surface area contributed by atoms with Crippen LogP contribution in [-0.4, -0.2) is 79.7 Å².